The lowest BCUT2D eigenvalue weighted by atomic mass is 9.95. The third-order valence-electron chi connectivity index (χ3n) is 2.73. The van der Waals surface area contributed by atoms with E-state index in [4.69, 9.17) is 15.6 Å². The van der Waals surface area contributed by atoms with Gasteiger partial charge in [0.05, 0.1) is 13.5 Å². The van der Waals surface area contributed by atoms with Gasteiger partial charge in [-0.2, -0.15) is 0 Å². The lowest BCUT2D eigenvalue weighted by Gasteiger charge is -2.18. The summed E-state index contributed by atoms with van der Waals surface area (Å²) in [6.45, 7) is 3.89. The Balaban J connectivity index is 3.18. The van der Waals surface area contributed by atoms with Crippen molar-refractivity contribution in [3.8, 4) is 5.75 Å². The second-order valence-corrected chi connectivity index (χ2v) is 3.83. The zero-order chi connectivity index (χ0) is 12.3. The molecule has 3 N–H and O–H groups in total. The van der Waals surface area contributed by atoms with E-state index in [9.17, 15) is 4.79 Å². The van der Waals surface area contributed by atoms with Crippen molar-refractivity contribution in [1.29, 1.82) is 0 Å². The number of hydrogen-bond donors (Lipinski definition) is 2. The summed E-state index contributed by atoms with van der Waals surface area (Å²) in [5.74, 6) is -0.257. The number of rotatable bonds is 4. The highest BCUT2D eigenvalue weighted by Crippen LogP contribution is 2.30. The van der Waals surface area contributed by atoms with Crippen LogP contribution in [-0.4, -0.2) is 18.2 Å². The van der Waals surface area contributed by atoms with Gasteiger partial charge in [-0.05, 0) is 31.0 Å². The number of aryl methyl sites for hydroxylation is 1. The van der Waals surface area contributed by atoms with Crippen LogP contribution in [0.1, 0.15) is 29.2 Å². The number of methoxy groups -OCH3 is 1. The molecule has 0 radical (unpaired) electrons. The van der Waals surface area contributed by atoms with Gasteiger partial charge in [-0.15, -0.1) is 0 Å². The first-order valence-corrected chi connectivity index (χ1v) is 5.08. The van der Waals surface area contributed by atoms with Crippen molar-refractivity contribution in [1.82, 2.24) is 0 Å². The fourth-order valence-corrected chi connectivity index (χ4v) is 1.74. The highest BCUT2D eigenvalue weighted by molar-refractivity contribution is 5.68. The molecule has 0 saturated heterocycles. The minimum atomic E-state index is -0.907. The number of nitrogens with two attached hydrogens (primary N) is 1. The monoisotopic (exact) mass is 223 g/mol. The number of carboxylic acid groups (broad SMARTS) is 1. The van der Waals surface area contributed by atoms with Crippen molar-refractivity contribution in [2.24, 2.45) is 5.73 Å². The van der Waals surface area contributed by atoms with E-state index < -0.39 is 12.0 Å². The van der Waals surface area contributed by atoms with Crippen LogP contribution in [0, 0.1) is 13.8 Å². The van der Waals surface area contributed by atoms with Crippen molar-refractivity contribution in [3.63, 3.8) is 0 Å². The predicted octanol–water partition coefficient (Wildman–Crippen LogP) is 1.79. The van der Waals surface area contributed by atoms with E-state index in [1.165, 1.54) is 0 Å². The average Bonchev–Trinajstić information content (AvgIpc) is 2.20. The molecule has 1 aromatic carbocycles. The van der Waals surface area contributed by atoms with Crippen LogP contribution in [-0.2, 0) is 4.79 Å². The number of carboxylic acids is 1. The number of benzene rings is 1. The van der Waals surface area contributed by atoms with Crippen LogP contribution in [0.15, 0.2) is 12.1 Å². The standard InChI is InChI=1S/C12H17NO3/c1-7-4-5-10(16-3)12(8(7)2)9(13)6-11(14)15/h4-5,9H,6,13H2,1-3H3,(H,14,15). The smallest absolute Gasteiger partial charge is 0.305 e. The summed E-state index contributed by atoms with van der Waals surface area (Å²) >= 11 is 0. The molecule has 0 saturated carbocycles. The van der Waals surface area contributed by atoms with E-state index in [0.29, 0.717) is 5.75 Å². The Kier molecular flexibility index (Phi) is 3.90. The normalized spacial score (nSPS) is 12.2. The van der Waals surface area contributed by atoms with Crippen LogP contribution in [0.4, 0.5) is 0 Å². The zero-order valence-electron chi connectivity index (χ0n) is 9.78. The predicted molar refractivity (Wildman–Crippen MR) is 61.6 cm³/mol. The number of ether oxygens (including phenoxy) is 1. The van der Waals surface area contributed by atoms with Crippen molar-refractivity contribution < 1.29 is 14.6 Å². The molecule has 0 heterocycles. The Hall–Kier alpha value is -1.55. The molecule has 0 bridgehead atoms. The molecule has 0 aromatic heterocycles. The van der Waals surface area contributed by atoms with Crippen LogP contribution >= 0.6 is 0 Å². The lowest BCUT2D eigenvalue weighted by Crippen LogP contribution is -2.17. The molecule has 4 nitrogen and oxygen atoms in total. The van der Waals surface area contributed by atoms with Crippen LogP contribution in [0.2, 0.25) is 0 Å². The van der Waals surface area contributed by atoms with Crippen molar-refractivity contribution in [2.75, 3.05) is 7.11 Å². The Labute approximate surface area is 95.0 Å². The second kappa shape index (κ2) is 4.99. The highest BCUT2D eigenvalue weighted by Gasteiger charge is 2.18. The van der Waals surface area contributed by atoms with E-state index in [1.807, 2.05) is 26.0 Å². The van der Waals surface area contributed by atoms with Gasteiger partial charge in [0, 0.05) is 11.6 Å². The molecule has 0 aliphatic rings. The molecule has 0 aliphatic heterocycles. The SMILES string of the molecule is COc1ccc(C)c(C)c1C(N)CC(=O)O. The average molecular weight is 223 g/mol. The summed E-state index contributed by atoms with van der Waals surface area (Å²) in [6, 6.07) is 3.22. The third-order valence-corrected chi connectivity index (χ3v) is 2.73. The first-order chi connectivity index (χ1) is 7.47. The summed E-state index contributed by atoms with van der Waals surface area (Å²) in [7, 11) is 1.56. The minimum Gasteiger partial charge on any atom is -0.496 e. The second-order valence-electron chi connectivity index (χ2n) is 3.83. The summed E-state index contributed by atoms with van der Waals surface area (Å²) in [6.07, 6.45) is -0.0966. The molecular weight excluding hydrogens is 206 g/mol. The molecule has 0 spiro atoms. The maximum atomic E-state index is 10.7. The van der Waals surface area contributed by atoms with Gasteiger partial charge < -0.3 is 15.6 Å². The van der Waals surface area contributed by atoms with Gasteiger partial charge >= 0.3 is 5.97 Å². The molecule has 0 amide bonds. The van der Waals surface area contributed by atoms with Gasteiger partial charge in [0.25, 0.3) is 0 Å². The Bertz CT molecular complexity index is 401. The van der Waals surface area contributed by atoms with Gasteiger partial charge in [0.2, 0.25) is 0 Å². The van der Waals surface area contributed by atoms with Crippen LogP contribution in [0.3, 0.4) is 0 Å². The molecule has 4 heteroatoms. The first kappa shape index (κ1) is 12.5. The van der Waals surface area contributed by atoms with E-state index in [0.717, 1.165) is 16.7 Å². The number of carbonyl (C=O) groups is 1. The third kappa shape index (κ3) is 2.52. The Morgan fingerprint density at radius 2 is 2.12 bits per heavy atom. The summed E-state index contributed by atoms with van der Waals surface area (Å²) < 4.78 is 5.21. The van der Waals surface area contributed by atoms with Crippen LogP contribution in [0.5, 0.6) is 5.75 Å². The van der Waals surface area contributed by atoms with Crippen molar-refractivity contribution in [3.05, 3.63) is 28.8 Å². The molecule has 0 aliphatic carbocycles. The maximum absolute atomic E-state index is 10.7. The molecule has 1 atom stereocenters. The van der Waals surface area contributed by atoms with Crippen molar-refractivity contribution >= 4 is 5.97 Å². The molecule has 1 unspecified atom stereocenters. The highest BCUT2D eigenvalue weighted by atomic mass is 16.5. The molecule has 1 rings (SSSR count). The van der Waals surface area contributed by atoms with Gasteiger partial charge in [-0.25, -0.2) is 0 Å². The first-order valence-electron chi connectivity index (χ1n) is 5.08. The summed E-state index contributed by atoms with van der Waals surface area (Å²) in [4.78, 5) is 10.7. The minimum absolute atomic E-state index is 0.0966. The molecular formula is C12H17NO3. The molecule has 0 fully saturated rings. The summed E-state index contributed by atoms with van der Waals surface area (Å²) in [5.41, 5.74) is 8.74. The van der Waals surface area contributed by atoms with Gasteiger partial charge in [0.15, 0.2) is 0 Å². The molecule has 16 heavy (non-hydrogen) atoms. The zero-order valence-corrected chi connectivity index (χ0v) is 9.78. The largest absolute Gasteiger partial charge is 0.496 e. The van der Waals surface area contributed by atoms with Gasteiger partial charge in [-0.3, -0.25) is 4.79 Å². The van der Waals surface area contributed by atoms with E-state index in [-0.39, 0.29) is 6.42 Å². The maximum Gasteiger partial charge on any atom is 0.305 e. The Morgan fingerprint density at radius 3 is 2.62 bits per heavy atom. The van der Waals surface area contributed by atoms with Gasteiger partial charge in [-0.1, -0.05) is 6.07 Å². The fraction of sp³-hybridized carbons (Fsp3) is 0.417. The number of hydrogen-bond acceptors (Lipinski definition) is 3. The van der Waals surface area contributed by atoms with Gasteiger partial charge in [0.1, 0.15) is 5.75 Å². The van der Waals surface area contributed by atoms with E-state index >= 15 is 0 Å². The van der Waals surface area contributed by atoms with E-state index in [2.05, 4.69) is 0 Å². The Morgan fingerprint density at radius 1 is 1.50 bits per heavy atom. The van der Waals surface area contributed by atoms with Crippen LogP contribution < -0.4 is 10.5 Å². The number of aliphatic carboxylic acids is 1. The molecule has 88 valence electrons. The lowest BCUT2D eigenvalue weighted by molar-refractivity contribution is -0.137. The molecule has 1 aromatic rings. The van der Waals surface area contributed by atoms with Crippen molar-refractivity contribution in [2.45, 2.75) is 26.3 Å². The topological polar surface area (TPSA) is 72.5 Å². The summed E-state index contributed by atoms with van der Waals surface area (Å²) in [5, 5.41) is 8.75. The van der Waals surface area contributed by atoms with E-state index in [1.54, 1.807) is 7.11 Å². The van der Waals surface area contributed by atoms with Crippen LogP contribution in [0.25, 0.3) is 0 Å². The quantitative estimate of drug-likeness (QED) is 0.816. The fourth-order valence-electron chi connectivity index (χ4n) is 1.74.